The summed E-state index contributed by atoms with van der Waals surface area (Å²) in [5.74, 6) is -0.198. The van der Waals surface area contributed by atoms with Gasteiger partial charge in [0.15, 0.2) is 0 Å². The van der Waals surface area contributed by atoms with E-state index in [9.17, 15) is 9.90 Å². The molecule has 0 heterocycles. The Labute approximate surface area is 183 Å². The molecule has 0 aliphatic carbocycles. The fourth-order valence-corrected chi connectivity index (χ4v) is 3.85. The van der Waals surface area contributed by atoms with E-state index in [-0.39, 0.29) is 17.7 Å². The van der Waals surface area contributed by atoms with E-state index in [0.29, 0.717) is 6.42 Å². The molecule has 154 valence electrons. The lowest BCUT2D eigenvalue weighted by atomic mass is 9.89. The van der Waals surface area contributed by atoms with Gasteiger partial charge in [-0.05, 0) is 40.8 Å². The molecule has 0 bridgehead atoms. The van der Waals surface area contributed by atoms with Crippen molar-refractivity contribution in [3.8, 4) is 5.75 Å². The highest BCUT2D eigenvalue weighted by Crippen LogP contribution is 2.27. The first-order valence-electron chi connectivity index (χ1n) is 10.4. The highest BCUT2D eigenvalue weighted by Gasteiger charge is 2.25. The molecule has 4 aromatic rings. The van der Waals surface area contributed by atoms with Gasteiger partial charge in [0.2, 0.25) is 5.91 Å². The normalized spacial score (nSPS) is 11.8. The van der Waals surface area contributed by atoms with E-state index in [1.165, 1.54) is 0 Å². The Morgan fingerprint density at radius 2 is 1.10 bits per heavy atom. The number of benzene rings is 4. The predicted octanol–water partition coefficient (Wildman–Crippen LogP) is 5.62. The Balaban J connectivity index is 1.65. The fraction of sp³-hybridized carbons (Fsp3) is 0.107. The average molecular weight is 408 g/mol. The van der Waals surface area contributed by atoms with E-state index < -0.39 is 5.92 Å². The van der Waals surface area contributed by atoms with Crippen LogP contribution in [0.2, 0.25) is 0 Å². The molecule has 1 amide bonds. The smallest absolute Gasteiger partial charge is 0.232 e. The summed E-state index contributed by atoms with van der Waals surface area (Å²) in [7, 11) is 0. The summed E-state index contributed by atoms with van der Waals surface area (Å²) < 4.78 is 0. The first-order chi connectivity index (χ1) is 15.2. The van der Waals surface area contributed by atoms with Gasteiger partial charge < -0.3 is 10.4 Å². The maximum atomic E-state index is 13.6. The van der Waals surface area contributed by atoms with Crippen LogP contribution in [0.1, 0.15) is 34.2 Å². The zero-order chi connectivity index (χ0) is 21.5. The van der Waals surface area contributed by atoms with Gasteiger partial charge in [-0.3, -0.25) is 4.79 Å². The van der Waals surface area contributed by atoms with Crippen LogP contribution in [0.5, 0.6) is 5.75 Å². The van der Waals surface area contributed by atoms with Crippen molar-refractivity contribution in [2.24, 2.45) is 0 Å². The molecule has 2 N–H and O–H groups in total. The molecule has 3 nitrogen and oxygen atoms in total. The van der Waals surface area contributed by atoms with E-state index in [0.717, 1.165) is 22.3 Å². The van der Waals surface area contributed by atoms with Crippen LogP contribution < -0.4 is 5.32 Å². The highest BCUT2D eigenvalue weighted by molar-refractivity contribution is 5.87. The van der Waals surface area contributed by atoms with E-state index in [2.05, 4.69) is 5.32 Å². The van der Waals surface area contributed by atoms with Crippen molar-refractivity contribution < 1.29 is 9.90 Å². The molecule has 4 rings (SSSR count). The highest BCUT2D eigenvalue weighted by atomic mass is 16.3. The van der Waals surface area contributed by atoms with Crippen molar-refractivity contribution in [3.05, 3.63) is 138 Å². The lowest BCUT2D eigenvalue weighted by Crippen LogP contribution is -2.34. The average Bonchev–Trinajstić information content (AvgIpc) is 2.82. The topological polar surface area (TPSA) is 49.3 Å². The lowest BCUT2D eigenvalue weighted by Gasteiger charge is -2.24. The van der Waals surface area contributed by atoms with Crippen LogP contribution >= 0.6 is 0 Å². The minimum Gasteiger partial charge on any atom is -0.508 e. The van der Waals surface area contributed by atoms with E-state index in [4.69, 9.17) is 0 Å². The molecule has 31 heavy (non-hydrogen) atoms. The SMILES string of the molecule is O=C(NC(Cc1ccc(O)cc1)c1ccccc1)C(c1ccccc1)c1ccccc1. The Kier molecular flexibility index (Phi) is 6.44. The van der Waals surface area contributed by atoms with E-state index >= 15 is 0 Å². The summed E-state index contributed by atoms with van der Waals surface area (Å²) in [6, 6.07) is 36.7. The molecule has 0 radical (unpaired) electrons. The second-order valence-corrected chi connectivity index (χ2v) is 7.60. The number of phenols is 1. The van der Waals surface area contributed by atoms with Crippen LogP contribution in [0.15, 0.2) is 115 Å². The van der Waals surface area contributed by atoms with Gasteiger partial charge in [-0.1, -0.05) is 103 Å². The van der Waals surface area contributed by atoms with Gasteiger partial charge in [0, 0.05) is 0 Å². The van der Waals surface area contributed by atoms with Crippen molar-refractivity contribution in [2.45, 2.75) is 18.4 Å². The number of nitrogens with one attached hydrogen (secondary N) is 1. The molecular weight excluding hydrogens is 382 g/mol. The number of rotatable bonds is 7. The van der Waals surface area contributed by atoms with Crippen LogP contribution in [0.4, 0.5) is 0 Å². The number of hydrogen-bond donors (Lipinski definition) is 2. The fourth-order valence-electron chi connectivity index (χ4n) is 3.85. The van der Waals surface area contributed by atoms with Gasteiger partial charge in [0.25, 0.3) is 0 Å². The van der Waals surface area contributed by atoms with Crippen LogP contribution in [0, 0.1) is 0 Å². The molecule has 0 aliphatic rings. The third-order valence-electron chi connectivity index (χ3n) is 5.42. The summed E-state index contributed by atoms with van der Waals surface area (Å²) in [5, 5.41) is 12.9. The molecule has 4 aromatic carbocycles. The first-order valence-corrected chi connectivity index (χ1v) is 10.4. The van der Waals surface area contributed by atoms with Crippen LogP contribution in [-0.4, -0.2) is 11.0 Å². The largest absolute Gasteiger partial charge is 0.508 e. The van der Waals surface area contributed by atoms with Crippen molar-refractivity contribution >= 4 is 5.91 Å². The number of carbonyl (C=O) groups excluding carboxylic acids is 1. The zero-order valence-corrected chi connectivity index (χ0v) is 17.2. The summed E-state index contributed by atoms with van der Waals surface area (Å²) in [6.07, 6.45) is 0.631. The molecule has 1 unspecified atom stereocenters. The summed E-state index contributed by atoms with van der Waals surface area (Å²) in [4.78, 5) is 13.6. The summed E-state index contributed by atoms with van der Waals surface area (Å²) >= 11 is 0. The van der Waals surface area contributed by atoms with Gasteiger partial charge in [0.1, 0.15) is 5.75 Å². The molecule has 0 spiro atoms. The second-order valence-electron chi connectivity index (χ2n) is 7.60. The second kappa shape index (κ2) is 9.77. The van der Waals surface area contributed by atoms with Crippen molar-refractivity contribution in [1.29, 1.82) is 0 Å². The third kappa shape index (κ3) is 5.20. The number of aromatic hydroxyl groups is 1. The molecule has 1 atom stereocenters. The molecular formula is C28H25NO2. The minimum atomic E-state index is -0.395. The standard InChI is InChI=1S/C28H25NO2/c30-25-18-16-21(17-19-25)20-26(22-10-4-1-5-11-22)29-28(31)27(23-12-6-2-7-13-23)24-14-8-3-9-15-24/h1-19,26-27,30H,20H2,(H,29,31). The zero-order valence-electron chi connectivity index (χ0n) is 17.2. The minimum absolute atomic E-state index is 0.0370. The molecule has 0 aliphatic heterocycles. The Hall–Kier alpha value is -3.85. The maximum absolute atomic E-state index is 13.6. The van der Waals surface area contributed by atoms with Crippen LogP contribution in [0.3, 0.4) is 0 Å². The predicted molar refractivity (Wildman–Crippen MR) is 124 cm³/mol. The van der Waals surface area contributed by atoms with E-state index in [1.54, 1.807) is 12.1 Å². The van der Waals surface area contributed by atoms with Gasteiger partial charge in [-0.2, -0.15) is 0 Å². The number of phenolic OH excluding ortho intramolecular Hbond substituents is 1. The Bertz CT molecular complexity index is 1050. The number of hydrogen-bond acceptors (Lipinski definition) is 2. The van der Waals surface area contributed by atoms with Crippen molar-refractivity contribution in [3.63, 3.8) is 0 Å². The summed E-state index contributed by atoms with van der Waals surface area (Å²) in [5.41, 5.74) is 4.01. The molecule has 0 aromatic heterocycles. The summed E-state index contributed by atoms with van der Waals surface area (Å²) in [6.45, 7) is 0. The van der Waals surface area contributed by atoms with Gasteiger partial charge in [-0.25, -0.2) is 0 Å². The molecule has 3 heteroatoms. The van der Waals surface area contributed by atoms with Gasteiger partial charge in [0.05, 0.1) is 12.0 Å². The van der Waals surface area contributed by atoms with Crippen LogP contribution in [0.25, 0.3) is 0 Å². The molecule has 0 saturated carbocycles. The van der Waals surface area contributed by atoms with Gasteiger partial charge in [-0.15, -0.1) is 0 Å². The number of amides is 1. The van der Waals surface area contributed by atoms with Crippen molar-refractivity contribution in [1.82, 2.24) is 5.32 Å². The van der Waals surface area contributed by atoms with E-state index in [1.807, 2.05) is 103 Å². The quantitative estimate of drug-likeness (QED) is 0.417. The maximum Gasteiger partial charge on any atom is 0.232 e. The third-order valence-corrected chi connectivity index (χ3v) is 5.42. The molecule has 0 fully saturated rings. The molecule has 0 saturated heterocycles. The Morgan fingerprint density at radius 1 is 0.645 bits per heavy atom. The lowest BCUT2D eigenvalue weighted by molar-refractivity contribution is -0.122. The Morgan fingerprint density at radius 3 is 1.58 bits per heavy atom. The van der Waals surface area contributed by atoms with Crippen molar-refractivity contribution in [2.75, 3.05) is 0 Å². The number of carbonyl (C=O) groups is 1. The first kappa shape index (κ1) is 20.4. The monoisotopic (exact) mass is 407 g/mol. The van der Waals surface area contributed by atoms with Gasteiger partial charge >= 0.3 is 0 Å². The van der Waals surface area contributed by atoms with Crippen LogP contribution in [-0.2, 0) is 11.2 Å².